The van der Waals surface area contributed by atoms with E-state index in [1.54, 1.807) is 0 Å². The van der Waals surface area contributed by atoms with Crippen LogP contribution in [0.4, 0.5) is 11.5 Å². The predicted octanol–water partition coefficient (Wildman–Crippen LogP) is 4.63. The first-order valence-corrected chi connectivity index (χ1v) is 18.1. The lowest BCUT2D eigenvalue weighted by molar-refractivity contribution is -0.128. The van der Waals surface area contributed by atoms with Crippen molar-refractivity contribution in [2.24, 2.45) is 17.8 Å². The lowest BCUT2D eigenvalue weighted by atomic mass is 9.75. The molecule has 3 saturated heterocycles. The molecule has 4 aliphatic rings. The molecule has 1 aromatic heterocycles. The van der Waals surface area contributed by atoms with E-state index in [0.717, 1.165) is 93.4 Å². The van der Waals surface area contributed by atoms with Gasteiger partial charge >= 0.3 is 0 Å². The molecule has 10 nitrogen and oxygen atoms in total. The number of piperidine rings is 1. The lowest BCUT2D eigenvalue weighted by Gasteiger charge is -2.42. The number of amides is 2. The molecule has 48 heavy (non-hydrogen) atoms. The van der Waals surface area contributed by atoms with Crippen LogP contribution < -0.4 is 20.4 Å². The Morgan fingerprint density at radius 1 is 1.06 bits per heavy atom. The Kier molecular flexibility index (Phi) is 10.9. The zero-order valence-electron chi connectivity index (χ0n) is 29.5. The molecule has 6 rings (SSSR count). The third-order valence-corrected chi connectivity index (χ3v) is 10.6. The van der Waals surface area contributed by atoms with Crippen molar-refractivity contribution in [2.75, 3.05) is 75.5 Å². The first kappa shape index (κ1) is 34.2. The number of anilines is 2. The van der Waals surface area contributed by atoms with Crippen LogP contribution in [-0.2, 0) is 14.3 Å². The van der Waals surface area contributed by atoms with E-state index >= 15 is 0 Å². The van der Waals surface area contributed by atoms with E-state index in [2.05, 4.69) is 84.4 Å². The number of carbonyl (C=O) groups is 2. The summed E-state index contributed by atoms with van der Waals surface area (Å²) in [5, 5.41) is 6.40. The van der Waals surface area contributed by atoms with E-state index in [-0.39, 0.29) is 29.7 Å². The predicted molar refractivity (Wildman–Crippen MR) is 190 cm³/mol. The molecular weight excluding hydrogens is 604 g/mol. The zero-order valence-corrected chi connectivity index (χ0v) is 29.5. The van der Waals surface area contributed by atoms with Crippen molar-refractivity contribution >= 4 is 23.3 Å². The van der Waals surface area contributed by atoms with Gasteiger partial charge in [0.05, 0.1) is 19.1 Å². The number of morpholine rings is 1. The van der Waals surface area contributed by atoms with Gasteiger partial charge in [-0.15, -0.1) is 0 Å². The van der Waals surface area contributed by atoms with Crippen molar-refractivity contribution in [3.8, 4) is 11.1 Å². The molecule has 3 fully saturated rings. The number of carbonyl (C=O) groups excluding carboxylic acids is 2. The van der Waals surface area contributed by atoms with Crippen molar-refractivity contribution in [1.29, 1.82) is 0 Å². The standard InChI is InChI=1S/C38H54N6O4/c1-6-44(30-10-15-47-16-11-30)35-20-29(28-7-8-36(39-21-28)43-13-17-48-18-14-43)19-32(26(35)4)37(45)40-22-33-31-9-12-42(23-25(2)3)24-34(31)27(5)41-38(33)46/h7-8,19-21,24-25,27,30-31,33H,6,9-18,22-23H2,1-5H3,(H,40,45)(H,41,46). The molecule has 1 aromatic carbocycles. The first-order chi connectivity index (χ1) is 23.2. The molecule has 3 unspecified atom stereocenters. The molecule has 10 heteroatoms. The van der Waals surface area contributed by atoms with Crippen LogP contribution in [0, 0.1) is 24.7 Å². The number of benzene rings is 1. The molecule has 2 amide bonds. The van der Waals surface area contributed by atoms with E-state index in [1.165, 1.54) is 5.57 Å². The summed E-state index contributed by atoms with van der Waals surface area (Å²) in [6, 6.07) is 8.72. The normalized spacial score (nSPS) is 23.4. The average Bonchev–Trinajstić information content (AvgIpc) is 3.10. The Bertz CT molecular complexity index is 1460. The van der Waals surface area contributed by atoms with Gasteiger partial charge < -0.3 is 34.8 Å². The number of hydrogen-bond donors (Lipinski definition) is 2. The molecule has 3 atom stereocenters. The highest BCUT2D eigenvalue weighted by Gasteiger charge is 2.40. The maximum atomic E-state index is 14.2. The van der Waals surface area contributed by atoms with Crippen molar-refractivity contribution in [2.45, 2.75) is 66.0 Å². The second-order valence-electron chi connectivity index (χ2n) is 14.3. The van der Waals surface area contributed by atoms with Gasteiger partial charge in [-0.2, -0.15) is 0 Å². The third-order valence-electron chi connectivity index (χ3n) is 10.6. The molecule has 0 aliphatic carbocycles. The summed E-state index contributed by atoms with van der Waals surface area (Å²) in [7, 11) is 0. The molecule has 0 spiro atoms. The van der Waals surface area contributed by atoms with Crippen LogP contribution in [-0.4, -0.2) is 99.5 Å². The molecule has 2 N–H and O–H groups in total. The quantitative estimate of drug-likeness (QED) is 0.382. The minimum atomic E-state index is -0.299. The maximum Gasteiger partial charge on any atom is 0.251 e. The lowest BCUT2D eigenvalue weighted by Crippen LogP contribution is -2.54. The second kappa shape index (κ2) is 15.3. The van der Waals surface area contributed by atoms with Crippen LogP contribution in [0.25, 0.3) is 11.1 Å². The fraction of sp³-hybridized carbons (Fsp3) is 0.605. The number of nitrogens with zero attached hydrogens (tertiary/aromatic N) is 4. The van der Waals surface area contributed by atoms with Gasteiger partial charge in [0.15, 0.2) is 0 Å². The number of fused-ring (bicyclic) bond motifs is 1. The summed E-state index contributed by atoms with van der Waals surface area (Å²) in [4.78, 5) is 39.4. The van der Waals surface area contributed by atoms with E-state index < -0.39 is 0 Å². The van der Waals surface area contributed by atoms with Crippen LogP contribution in [0.15, 0.2) is 42.2 Å². The first-order valence-electron chi connectivity index (χ1n) is 18.1. The molecule has 2 aromatic rings. The largest absolute Gasteiger partial charge is 0.381 e. The van der Waals surface area contributed by atoms with Crippen LogP contribution >= 0.6 is 0 Å². The Morgan fingerprint density at radius 2 is 1.81 bits per heavy atom. The van der Waals surface area contributed by atoms with Gasteiger partial charge in [-0.1, -0.05) is 13.8 Å². The average molecular weight is 659 g/mol. The Labute approximate surface area is 286 Å². The van der Waals surface area contributed by atoms with Gasteiger partial charge in [0.2, 0.25) is 5.91 Å². The van der Waals surface area contributed by atoms with Crippen LogP contribution in [0.5, 0.6) is 0 Å². The van der Waals surface area contributed by atoms with Gasteiger partial charge in [-0.25, -0.2) is 4.98 Å². The fourth-order valence-corrected chi connectivity index (χ4v) is 8.00. The summed E-state index contributed by atoms with van der Waals surface area (Å²) < 4.78 is 11.2. The maximum absolute atomic E-state index is 14.2. The Hall–Kier alpha value is -3.63. The SMILES string of the molecule is CCN(c1cc(-c2ccc(N3CCOCC3)nc2)cc(C(=O)NCC2C(=O)NC(C)C3=CN(CC(C)C)CCC32)c1C)C1CCOCC1. The molecule has 4 aliphatic heterocycles. The number of rotatable bonds is 10. The third kappa shape index (κ3) is 7.49. The molecule has 0 saturated carbocycles. The van der Waals surface area contributed by atoms with Crippen molar-refractivity contribution in [1.82, 2.24) is 20.5 Å². The number of hydrogen-bond acceptors (Lipinski definition) is 8. The van der Waals surface area contributed by atoms with Crippen LogP contribution in [0.2, 0.25) is 0 Å². The van der Waals surface area contributed by atoms with Gasteiger partial charge in [-0.05, 0) is 92.8 Å². The van der Waals surface area contributed by atoms with E-state index in [9.17, 15) is 9.59 Å². The monoisotopic (exact) mass is 658 g/mol. The van der Waals surface area contributed by atoms with Crippen LogP contribution in [0.1, 0.15) is 62.9 Å². The van der Waals surface area contributed by atoms with Crippen molar-refractivity contribution in [3.63, 3.8) is 0 Å². The molecule has 0 bridgehead atoms. The Morgan fingerprint density at radius 3 is 2.50 bits per heavy atom. The number of aromatic nitrogens is 1. The van der Waals surface area contributed by atoms with Crippen molar-refractivity contribution < 1.29 is 19.1 Å². The van der Waals surface area contributed by atoms with Gasteiger partial charge in [-0.3, -0.25) is 9.59 Å². The van der Waals surface area contributed by atoms with Gasteiger partial charge in [0.1, 0.15) is 5.82 Å². The second-order valence-corrected chi connectivity index (χ2v) is 14.3. The summed E-state index contributed by atoms with van der Waals surface area (Å²) in [5.74, 6) is 1.21. The van der Waals surface area contributed by atoms with Crippen LogP contribution in [0.3, 0.4) is 0 Å². The summed E-state index contributed by atoms with van der Waals surface area (Å²) >= 11 is 0. The van der Waals surface area contributed by atoms with E-state index in [1.807, 2.05) is 12.3 Å². The summed E-state index contributed by atoms with van der Waals surface area (Å²) in [6.07, 6.45) is 7.00. The minimum Gasteiger partial charge on any atom is -0.381 e. The molecule has 260 valence electrons. The fourth-order valence-electron chi connectivity index (χ4n) is 8.00. The highest BCUT2D eigenvalue weighted by Crippen LogP contribution is 2.36. The summed E-state index contributed by atoms with van der Waals surface area (Å²) in [5.41, 5.74) is 5.85. The Balaban J connectivity index is 1.27. The highest BCUT2D eigenvalue weighted by molar-refractivity contribution is 5.99. The minimum absolute atomic E-state index is 0.000596. The smallest absolute Gasteiger partial charge is 0.251 e. The molecule has 5 heterocycles. The van der Waals surface area contributed by atoms with Crippen molar-refractivity contribution in [3.05, 3.63) is 53.4 Å². The van der Waals surface area contributed by atoms with Gasteiger partial charge in [0, 0.05) is 93.8 Å². The summed E-state index contributed by atoms with van der Waals surface area (Å²) in [6.45, 7) is 18.4. The molecule has 0 radical (unpaired) electrons. The molecular formula is C38H54N6O4. The van der Waals surface area contributed by atoms with E-state index in [0.29, 0.717) is 37.3 Å². The van der Waals surface area contributed by atoms with E-state index in [4.69, 9.17) is 14.5 Å². The zero-order chi connectivity index (χ0) is 33.8. The van der Waals surface area contributed by atoms with Gasteiger partial charge in [0.25, 0.3) is 5.91 Å². The number of ether oxygens (including phenoxy) is 2. The number of pyridine rings is 1. The topological polar surface area (TPSA) is 99.3 Å². The highest BCUT2D eigenvalue weighted by atomic mass is 16.5. The number of nitrogens with one attached hydrogen (secondary N) is 2.